The highest BCUT2D eigenvalue weighted by Crippen LogP contribution is 2.26. The van der Waals surface area contributed by atoms with Gasteiger partial charge in [0, 0.05) is 24.1 Å². The fourth-order valence-corrected chi connectivity index (χ4v) is 3.36. The van der Waals surface area contributed by atoms with E-state index < -0.39 is 10.2 Å². The Morgan fingerprint density at radius 1 is 1.38 bits per heavy atom. The van der Waals surface area contributed by atoms with Gasteiger partial charge in [-0.1, -0.05) is 41.4 Å². The SMILES string of the molecule is CC(C)NCCCN(C)S(=O)(=O)Nc1ccc(Br)cc1Cl. The largest absolute Gasteiger partial charge is 0.314 e. The molecule has 21 heavy (non-hydrogen) atoms. The van der Waals surface area contributed by atoms with Gasteiger partial charge < -0.3 is 5.32 Å². The first-order chi connectivity index (χ1) is 9.72. The minimum absolute atomic E-state index is 0.350. The van der Waals surface area contributed by atoms with E-state index in [1.165, 1.54) is 4.31 Å². The van der Waals surface area contributed by atoms with Gasteiger partial charge in [0.05, 0.1) is 10.7 Å². The Kier molecular flexibility index (Phi) is 7.42. The third kappa shape index (κ3) is 6.52. The first kappa shape index (κ1) is 18.7. The zero-order valence-corrected chi connectivity index (χ0v) is 15.5. The van der Waals surface area contributed by atoms with E-state index in [1.807, 2.05) is 0 Å². The lowest BCUT2D eigenvalue weighted by molar-refractivity contribution is 0.451. The standard InChI is InChI=1S/C13H21BrClN3O2S/c1-10(2)16-7-4-8-18(3)21(19,20)17-13-6-5-11(14)9-12(13)15/h5-6,9-10,16-17H,4,7-8H2,1-3H3. The molecule has 0 heterocycles. The molecule has 2 N–H and O–H groups in total. The number of hydrogen-bond acceptors (Lipinski definition) is 3. The van der Waals surface area contributed by atoms with Gasteiger partial charge in [-0.2, -0.15) is 12.7 Å². The summed E-state index contributed by atoms with van der Waals surface area (Å²) in [6, 6.07) is 5.40. The molecule has 0 aliphatic carbocycles. The molecule has 0 unspecified atom stereocenters. The molecule has 0 aromatic heterocycles. The molecule has 0 aliphatic heterocycles. The molecule has 0 fully saturated rings. The minimum atomic E-state index is -3.59. The maximum Gasteiger partial charge on any atom is 0.301 e. The highest BCUT2D eigenvalue weighted by molar-refractivity contribution is 9.10. The zero-order valence-electron chi connectivity index (χ0n) is 12.4. The highest BCUT2D eigenvalue weighted by Gasteiger charge is 2.18. The van der Waals surface area contributed by atoms with Crippen molar-refractivity contribution in [1.29, 1.82) is 0 Å². The Labute approximate surface area is 140 Å². The summed E-state index contributed by atoms with van der Waals surface area (Å²) in [5.74, 6) is 0. The van der Waals surface area contributed by atoms with E-state index in [0.29, 0.717) is 23.3 Å². The van der Waals surface area contributed by atoms with Crippen LogP contribution >= 0.6 is 27.5 Å². The summed E-state index contributed by atoms with van der Waals surface area (Å²) >= 11 is 9.30. The Balaban J connectivity index is 2.59. The molecule has 0 saturated carbocycles. The van der Waals surface area contributed by atoms with Gasteiger partial charge in [-0.25, -0.2) is 0 Å². The average molecular weight is 399 g/mol. The second-order valence-corrected chi connectivity index (χ2v) is 8.12. The number of nitrogens with one attached hydrogen (secondary N) is 2. The van der Waals surface area contributed by atoms with Crippen LogP contribution in [-0.4, -0.2) is 38.9 Å². The van der Waals surface area contributed by atoms with Gasteiger partial charge in [0.25, 0.3) is 0 Å². The molecule has 1 aromatic rings. The number of benzene rings is 1. The van der Waals surface area contributed by atoms with Crippen molar-refractivity contribution in [3.05, 3.63) is 27.7 Å². The summed E-state index contributed by atoms with van der Waals surface area (Å²) in [5, 5.41) is 3.60. The summed E-state index contributed by atoms with van der Waals surface area (Å²) in [5.41, 5.74) is 0.368. The molecule has 8 heteroatoms. The molecule has 0 radical (unpaired) electrons. The van der Waals surface area contributed by atoms with Gasteiger partial charge >= 0.3 is 10.2 Å². The molecular formula is C13H21BrClN3O2S. The van der Waals surface area contributed by atoms with Crippen molar-refractivity contribution in [1.82, 2.24) is 9.62 Å². The Morgan fingerprint density at radius 2 is 2.05 bits per heavy atom. The molecule has 0 aliphatic rings. The lowest BCUT2D eigenvalue weighted by Gasteiger charge is -2.19. The summed E-state index contributed by atoms with van der Waals surface area (Å²) in [6.45, 7) is 5.31. The number of nitrogens with zero attached hydrogens (tertiary/aromatic N) is 1. The summed E-state index contributed by atoms with van der Waals surface area (Å²) in [7, 11) is -2.05. The van der Waals surface area contributed by atoms with E-state index in [1.54, 1.807) is 25.2 Å². The van der Waals surface area contributed by atoms with E-state index in [4.69, 9.17) is 11.6 Å². The van der Waals surface area contributed by atoms with Crippen molar-refractivity contribution in [3.8, 4) is 0 Å². The fourth-order valence-electron chi connectivity index (χ4n) is 1.60. The van der Waals surface area contributed by atoms with E-state index in [0.717, 1.165) is 17.4 Å². The predicted molar refractivity (Wildman–Crippen MR) is 92.1 cm³/mol. The van der Waals surface area contributed by atoms with Gasteiger partial charge in [-0.15, -0.1) is 0 Å². The van der Waals surface area contributed by atoms with E-state index >= 15 is 0 Å². The molecule has 120 valence electrons. The van der Waals surface area contributed by atoms with Gasteiger partial charge in [-0.3, -0.25) is 4.72 Å². The van der Waals surface area contributed by atoms with Crippen LogP contribution in [0.3, 0.4) is 0 Å². The van der Waals surface area contributed by atoms with E-state index in [-0.39, 0.29) is 0 Å². The van der Waals surface area contributed by atoms with E-state index in [9.17, 15) is 8.42 Å². The smallest absolute Gasteiger partial charge is 0.301 e. The summed E-state index contributed by atoms with van der Waals surface area (Å²) in [6.07, 6.45) is 0.740. The molecular weight excluding hydrogens is 378 g/mol. The third-order valence-corrected chi connectivity index (χ3v) is 5.07. The lowest BCUT2D eigenvalue weighted by Crippen LogP contribution is -2.35. The Morgan fingerprint density at radius 3 is 2.62 bits per heavy atom. The topological polar surface area (TPSA) is 61.4 Å². The quantitative estimate of drug-likeness (QED) is 0.662. The molecule has 1 rings (SSSR count). The number of rotatable bonds is 8. The van der Waals surface area contributed by atoms with Crippen LogP contribution in [0.15, 0.2) is 22.7 Å². The maximum absolute atomic E-state index is 12.2. The van der Waals surface area contributed by atoms with Gasteiger partial charge in [0.1, 0.15) is 0 Å². The second kappa shape index (κ2) is 8.33. The van der Waals surface area contributed by atoms with Crippen molar-refractivity contribution < 1.29 is 8.42 Å². The van der Waals surface area contributed by atoms with Gasteiger partial charge in [0.2, 0.25) is 0 Å². The van der Waals surface area contributed by atoms with Gasteiger partial charge in [0.15, 0.2) is 0 Å². The average Bonchev–Trinajstić information content (AvgIpc) is 2.37. The van der Waals surface area contributed by atoms with Crippen LogP contribution in [-0.2, 0) is 10.2 Å². The fraction of sp³-hybridized carbons (Fsp3) is 0.538. The molecule has 0 saturated heterocycles. The van der Waals surface area contributed by atoms with Crippen molar-refractivity contribution in [2.45, 2.75) is 26.3 Å². The maximum atomic E-state index is 12.2. The van der Waals surface area contributed by atoms with Crippen LogP contribution in [0.5, 0.6) is 0 Å². The van der Waals surface area contributed by atoms with Crippen LogP contribution in [0.2, 0.25) is 5.02 Å². The molecule has 5 nitrogen and oxygen atoms in total. The third-order valence-electron chi connectivity index (χ3n) is 2.78. The van der Waals surface area contributed by atoms with Gasteiger partial charge in [-0.05, 0) is 31.2 Å². The van der Waals surface area contributed by atoms with Crippen molar-refractivity contribution in [2.75, 3.05) is 24.9 Å². The molecule has 0 atom stereocenters. The zero-order chi connectivity index (χ0) is 16.0. The van der Waals surface area contributed by atoms with Crippen molar-refractivity contribution >= 4 is 43.4 Å². The first-order valence-corrected chi connectivity index (χ1v) is 9.26. The molecule has 1 aromatic carbocycles. The number of hydrogen-bond donors (Lipinski definition) is 2. The monoisotopic (exact) mass is 397 g/mol. The van der Waals surface area contributed by atoms with Crippen LogP contribution in [0.25, 0.3) is 0 Å². The van der Waals surface area contributed by atoms with Crippen LogP contribution in [0.1, 0.15) is 20.3 Å². The number of halogens is 2. The predicted octanol–water partition coefficient (Wildman–Crippen LogP) is 3.08. The van der Waals surface area contributed by atoms with Crippen molar-refractivity contribution in [3.63, 3.8) is 0 Å². The van der Waals surface area contributed by atoms with Crippen LogP contribution < -0.4 is 10.0 Å². The van der Waals surface area contributed by atoms with E-state index in [2.05, 4.69) is 39.8 Å². The number of anilines is 1. The lowest BCUT2D eigenvalue weighted by atomic mass is 10.3. The molecule has 0 bridgehead atoms. The summed E-state index contributed by atoms with van der Waals surface area (Å²) < 4.78 is 28.9. The molecule has 0 spiro atoms. The van der Waals surface area contributed by atoms with Crippen molar-refractivity contribution in [2.24, 2.45) is 0 Å². The highest BCUT2D eigenvalue weighted by atomic mass is 79.9. The minimum Gasteiger partial charge on any atom is -0.314 e. The van der Waals surface area contributed by atoms with Crippen LogP contribution in [0.4, 0.5) is 5.69 Å². The summed E-state index contributed by atoms with van der Waals surface area (Å²) in [4.78, 5) is 0. The molecule has 0 amide bonds. The first-order valence-electron chi connectivity index (χ1n) is 6.65. The Hall–Kier alpha value is -0.340. The second-order valence-electron chi connectivity index (χ2n) is 5.02. The Bertz CT molecular complexity index is 567. The normalized spacial score (nSPS) is 12.1. The van der Waals surface area contributed by atoms with Crippen LogP contribution in [0, 0.1) is 0 Å².